The number of rotatable bonds is 10. The van der Waals surface area contributed by atoms with Crippen LogP contribution in [-0.2, 0) is 17.5 Å². The molecule has 1 rings (SSSR count). The first-order valence-electron chi connectivity index (χ1n) is 8.84. The Hall–Kier alpha value is -0.163. The van der Waals surface area contributed by atoms with Gasteiger partial charge in [-0.15, -0.1) is 5.10 Å². The number of likely N-dealkylation sites (N-methyl/N-ethyl adjacent to an activating group) is 1. The molecule has 0 amide bonds. The lowest BCUT2D eigenvalue weighted by atomic mass is 10.2. The van der Waals surface area contributed by atoms with Crippen LogP contribution >= 0.6 is 22.6 Å². The molecule has 0 unspecified atom stereocenters. The molecule has 0 aliphatic carbocycles. The summed E-state index contributed by atoms with van der Waals surface area (Å²) in [6.45, 7) is 16.7. The standard InChI is InChI=1S/C17H34IN3O3Si/c1-8-23-16-15(18)14(13-20(5)9-11-22)21(19-16)10-12-24-25(6,7)17(2,3)4/h22H,8-13H2,1-7H3. The molecule has 0 saturated carbocycles. The normalized spacial score (nSPS) is 12.9. The molecule has 0 aliphatic rings. The highest BCUT2D eigenvalue weighted by molar-refractivity contribution is 14.1. The van der Waals surface area contributed by atoms with Gasteiger partial charge < -0.3 is 14.3 Å². The summed E-state index contributed by atoms with van der Waals surface area (Å²) in [5.41, 5.74) is 1.11. The Morgan fingerprint density at radius 3 is 2.48 bits per heavy atom. The van der Waals surface area contributed by atoms with Crippen LogP contribution in [0.2, 0.25) is 18.1 Å². The molecule has 0 spiro atoms. The fourth-order valence-corrected chi connectivity index (χ4v) is 3.87. The first kappa shape index (κ1) is 22.9. The summed E-state index contributed by atoms with van der Waals surface area (Å²) in [6.07, 6.45) is 0. The minimum Gasteiger partial charge on any atom is -0.476 e. The fourth-order valence-electron chi connectivity index (χ4n) is 2.12. The van der Waals surface area contributed by atoms with Crippen molar-refractivity contribution < 1.29 is 14.3 Å². The van der Waals surface area contributed by atoms with Crippen molar-refractivity contribution >= 4 is 30.9 Å². The van der Waals surface area contributed by atoms with Crippen LogP contribution in [0.25, 0.3) is 0 Å². The van der Waals surface area contributed by atoms with Crippen molar-refractivity contribution in [2.75, 3.05) is 33.4 Å². The van der Waals surface area contributed by atoms with Gasteiger partial charge in [-0.1, -0.05) is 20.8 Å². The molecule has 8 heteroatoms. The van der Waals surface area contributed by atoms with Crippen LogP contribution in [0.15, 0.2) is 0 Å². The van der Waals surface area contributed by atoms with E-state index in [2.05, 4.69) is 66.5 Å². The van der Waals surface area contributed by atoms with Crippen LogP contribution in [-0.4, -0.2) is 61.5 Å². The second kappa shape index (κ2) is 9.68. The Balaban J connectivity index is 2.88. The second-order valence-corrected chi connectivity index (χ2v) is 13.7. The lowest BCUT2D eigenvalue weighted by Crippen LogP contribution is -2.41. The number of hydrogen-bond acceptors (Lipinski definition) is 5. The third-order valence-corrected chi connectivity index (χ3v) is 10.3. The average molecular weight is 483 g/mol. The van der Waals surface area contributed by atoms with E-state index in [-0.39, 0.29) is 11.6 Å². The summed E-state index contributed by atoms with van der Waals surface area (Å²) in [6, 6.07) is 0. The molecule has 1 heterocycles. The third-order valence-electron chi connectivity index (χ3n) is 4.72. The summed E-state index contributed by atoms with van der Waals surface area (Å²) in [5.74, 6) is 0.683. The summed E-state index contributed by atoms with van der Waals surface area (Å²) in [5, 5.41) is 14.0. The maximum Gasteiger partial charge on any atom is 0.246 e. The molecule has 1 aromatic rings. The largest absolute Gasteiger partial charge is 0.476 e. The predicted molar refractivity (Wildman–Crippen MR) is 113 cm³/mol. The van der Waals surface area contributed by atoms with Crippen molar-refractivity contribution in [3.05, 3.63) is 9.26 Å². The number of halogens is 1. The van der Waals surface area contributed by atoms with Gasteiger partial charge in [0.1, 0.15) is 0 Å². The Morgan fingerprint density at radius 2 is 1.96 bits per heavy atom. The van der Waals surface area contributed by atoms with Crippen LogP contribution in [0.3, 0.4) is 0 Å². The zero-order valence-electron chi connectivity index (χ0n) is 16.7. The lowest BCUT2D eigenvalue weighted by molar-refractivity contribution is 0.211. The Bertz CT molecular complexity index is 544. The quantitative estimate of drug-likeness (QED) is 0.409. The molecule has 0 bridgehead atoms. The van der Waals surface area contributed by atoms with E-state index in [1.807, 2.05) is 18.7 Å². The second-order valence-electron chi connectivity index (χ2n) is 7.79. The summed E-state index contributed by atoms with van der Waals surface area (Å²) < 4.78 is 15.0. The molecule has 146 valence electrons. The lowest BCUT2D eigenvalue weighted by Gasteiger charge is -2.36. The topological polar surface area (TPSA) is 59.8 Å². The SMILES string of the molecule is CCOc1nn(CCO[Si](C)(C)C(C)(C)C)c(CN(C)CCO)c1I. The van der Waals surface area contributed by atoms with Gasteiger partial charge in [-0.2, -0.15) is 0 Å². The van der Waals surface area contributed by atoms with Gasteiger partial charge in [-0.25, -0.2) is 0 Å². The monoisotopic (exact) mass is 483 g/mol. The Morgan fingerprint density at radius 1 is 1.32 bits per heavy atom. The van der Waals surface area contributed by atoms with Gasteiger partial charge in [-0.05, 0) is 54.7 Å². The molecule has 6 nitrogen and oxygen atoms in total. The highest BCUT2D eigenvalue weighted by atomic mass is 127. The molecule has 0 fully saturated rings. The van der Waals surface area contributed by atoms with Gasteiger partial charge in [0.15, 0.2) is 8.32 Å². The van der Waals surface area contributed by atoms with E-state index in [1.165, 1.54) is 0 Å². The van der Waals surface area contributed by atoms with E-state index >= 15 is 0 Å². The fraction of sp³-hybridized carbons (Fsp3) is 0.824. The Kier molecular flexibility index (Phi) is 8.86. The van der Waals surface area contributed by atoms with Gasteiger partial charge in [0.25, 0.3) is 0 Å². The van der Waals surface area contributed by atoms with Crippen LogP contribution in [0, 0.1) is 3.57 Å². The molecule has 0 radical (unpaired) electrons. The zero-order chi connectivity index (χ0) is 19.3. The van der Waals surface area contributed by atoms with Gasteiger partial charge >= 0.3 is 0 Å². The molecule has 1 N–H and O–H groups in total. The summed E-state index contributed by atoms with van der Waals surface area (Å²) >= 11 is 2.30. The zero-order valence-corrected chi connectivity index (χ0v) is 19.9. The van der Waals surface area contributed by atoms with E-state index in [0.717, 1.165) is 15.8 Å². The minimum absolute atomic E-state index is 0.147. The van der Waals surface area contributed by atoms with E-state index in [9.17, 15) is 0 Å². The van der Waals surface area contributed by atoms with E-state index in [4.69, 9.17) is 14.3 Å². The van der Waals surface area contributed by atoms with E-state index in [1.54, 1.807) is 0 Å². The highest BCUT2D eigenvalue weighted by Gasteiger charge is 2.37. The third kappa shape index (κ3) is 6.49. The van der Waals surface area contributed by atoms with Gasteiger partial charge in [0.05, 0.1) is 35.6 Å². The van der Waals surface area contributed by atoms with Crippen molar-refractivity contribution in [1.82, 2.24) is 14.7 Å². The van der Waals surface area contributed by atoms with Crippen LogP contribution in [0.4, 0.5) is 0 Å². The van der Waals surface area contributed by atoms with Gasteiger partial charge in [0.2, 0.25) is 5.88 Å². The number of hydrogen-bond donors (Lipinski definition) is 1. The first-order valence-corrected chi connectivity index (χ1v) is 12.8. The molecular weight excluding hydrogens is 449 g/mol. The van der Waals surface area contributed by atoms with Crippen molar-refractivity contribution in [2.45, 2.75) is 58.9 Å². The van der Waals surface area contributed by atoms with Crippen molar-refractivity contribution in [3.8, 4) is 5.88 Å². The number of ether oxygens (including phenoxy) is 1. The van der Waals surface area contributed by atoms with Crippen LogP contribution in [0.5, 0.6) is 5.88 Å². The maximum atomic E-state index is 9.14. The highest BCUT2D eigenvalue weighted by Crippen LogP contribution is 2.36. The number of aliphatic hydroxyl groups excluding tert-OH is 1. The smallest absolute Gasteiger partial charge is 0.246 e. The number of nitrogens with zero attached hydrogens (tertiary/aromatic N) is 3. The molecular formula is C17H34IN3O3Si. The first-order chi connectivity index (χ1) is 11.5. The maximum absolute atomic E-state index is 9.14. The summed E-state index contributed by atoms with van der Waals surface area (Å²) in [4.78, 5) is 2.08. The number of aliphatic hydroxyl groups is 1. The molecule has 25 heavy (non-hydrogen) atoms. The molecule has 0 atom stereocenters. The van der Waals surface area contributed by atoms with Crippen LogP contribution in [0.1, 0.15) is 33.4 Å². The van der Waals surface area contributed by atoms with Crippen LogP contribution < -0.4 is 4.74 Å². The van der Waals surface area contributed by atoms with Gasteiger partial charge in [0, 0.05) is 13.1 Å². The summed E-state index contributed by atoms with van der Waals surface area (Å²) in [7, 11) is 0.236. The van der Waals surface area contributed by atoms with E-state index in [0.29, 0.717) is 32.2 Å². The molecule has 0 aliphatic heterocycles. The van der Waals surface area contributed by atoms with Crippen molar-refractivity contribution in [3.63, 3.8) is 0 Å². The minimum atomic E-state index is -1.76. The van der Waals surface area contributed by atoms with Crippen molar-refractivity contribution in [1.29, 1.82) is 0 Å². The van der Waals surface area contributed by atoms with Gasteiger partial charge in [-0.3, -0.25) is 9.58 Å². The average Bonchev–Trinajstić information content (AvgIpc) is 2.75. The molecule has 0 saturated heterocycles. The predicted octanol–water partition coefficient (Wildman–Crippen LogP) is 3.33. The van der Waals surface area contributed by atoms with Crippen molar-refractivity contribution in [2.24, 2.45) is 0 Å². The number of aromatic nitrogens is 2. The Labute approximate surface area is 167 Å². The van der Waals surface area contributed by atoms with E-state index < -0.39 is 8.32 Å². The molecule has 0 aromatic carbocycles. The molecule has 1 aromatic heterocycles.